The second-order valence-corrected chi connectivity index (χ2v) is 4.75. The number of H-pyrrole nitrogens is 1. The van der Waals surface area contributed by atoms with Gasteiger partial charge in [-0.05, 0) is 11.8 Å². The molecule has 0 saturated heterocycles. The van der Waals surface area contributed by atoms with Crippen molar-refractivity contribution in [3.05, 3.63) is 32.6 Å². The number of rotatable bonds is 4. The van der Waals surface area contributed by atoms with Crippen LogP contribution < -0.4 is 11.2 Å². The first-order valence-electron chi connectivity index (χ1n) is 5.34. The van der Waals surface area contributed by atoms with Crippen LogP contribution in [0.4, 0.5) is 0 Å². The van der Waals surface area contributed by atoms with Gasteiger partial charge in [-0.2, -0.15) is 0 Å². The summed E-state index contributed by atoms with van der Waals surface area (Å²) in [5.41, 5.74) is -2.01. The van der Waals surface area contributed by atoms with Crippen molar-refractivity contribution in [2.75, 3.05) is 0 Å². The minimum Gasteiger partial charge on any atom is -0.477 e. The fraction of sp³-hybridized carbons (Fsp3) is 0.545. The van der Waals surface area contributed by atoms with Crippen molar-refractivity contribution in [3.8, 4) is 0 Å². The van der Waals surface area contributed by atoms with Gasteiger partial charge in [0.05, 0.1) is 0 Å². The number of nitrogens with zero attached hydrogens (tertiary/aromatic N) is 1. The summed E-state index contributed by atoms with van der Waals surface area (Å²) in [5.74, 6) is -1.34. The van der Waals surface area contributed by atoms with Crippen molar-refractivity contribution < 1.29 is 9.90 Å². The average Bonchev–Trinajstić information content (AvgIpc) is 2.21. The predicted molar refractivity (Wildman–Crippen MR) is 62.4 cm³/mol. The van der Waals surface area contributed by atoms with Crippen LogP contribution in [0.5, 0.6) is 0 Å². The topological polar surface area (TPSA) is 92.2 Å². The normalized spacial score (nSPS) is 11.5. The molecule has 0 aromatic carbocycles. The molecular formula is C11H16N2O4. The third kappa shape index (κ3) is 3.05. The summed E-state index contributed by atoms with van der Waals surface area (Å²) in [6.07, 6.45) is 1.93. The van der Waals surface area contributed by atoms with Crippen molar-refractivity contribution in [2.45, 2.75) is 33.7 Å². The molecule has 1 heterocycles. The quantitative estimate of drug-likeness (QED) is 0.809. The molecule has 0 atom stereocenters. The van der Waals surface area contributed by atoms with Crippen LogP contribution in [0.1, 0.15) is 37.6 Å². The minimum absolute atomic E-state index is 0.141. The van der Waals surface area contributed by atoms with Gasteiger partial charge in [0.15, 0.2) is 0 Å². The number of carboxylic acids is 1. The molecule has 6 nitrogen and oxygen atoms in total. The Morgan fingerprint density at radius 2 is 2.06 bits per heavy atom. The Hall–Kier alpha value is -1.85. The maximum Gasteiger partial charge on any atom is 0.342 e. The third-order valence-electron chi connectivity index (χ3n) is 2.80. The Morgan fingerprint density at radius 3 is 2.53 bits per heavy atom. The van der Waals surface area contributed by atoms with Crippen LogP contribution >= 0.6 is 0 Å². The van der Waals surface area contributed by atoms with Gasteiger partial charge < -0.3 is 5.11 Å². The highest BCUT2D eigenvalue weighted by atomic mass is 16.4. The fourth-order valence-electron chi connectivity index (χ4n) is 1.35. The Balaban J connectivity index is 3.27. The number of carboxylic acid groups (broad SMARTS) is 1. The largest absolute Gasteiger partial charge is 0.477 e. The number of carbonyl (C=O) groups is 1. The molecule has 94 valence electrons. The summed E-state index contributed by atoms with van der Waals surface area (Å²) >= 11 is 0. The molecule has 0 aliphatic carbocycles. The van der Waals surface area contributed by atoms with Crippen LogP contribution in [0.2, 0.25) is 0 Å². The van der Waals surface area contributed by atoms with Crippen LogP contribution in [-0.4, -0.2) is 20.6 Å². The molecule has 0 aliphatic rings. The zero-order valence-corrected chi connectivity index (χ0v) is 10.1. The van der Waals surface area contributed by atoms with Gasteiger partial charge in [0.2, 0.25) is 0 Å². The van der Waals surface area contributed by atoms with Crippen molar-refractivity contribution in [1.29, 1.82) is 0 Å². The standard InChI is InChI=1S/C11H16N2O4/c1-4-11(2,3)6-13-5-7(9(15)16)8(14)12-10(13)17/h5H,4,6H2,1-3H3,(H,15,16)(H,12,14,17). The lowest BCUT2D eigenvalue weighted by Gasteiger charge is -2.23. The van der Waals surface area contributed by atoms with E-state index < -0.39 is 22.8 Å². The zero-order valence-electron chi connectivity index (χ0n) is 10.1. The molecule has 0 aliphatic heterocycles. The lowest BCUT2D eigenvalue weighted by atomic mass is 9.90. The first kappa shape index (κ1) is 13.2. The molecule has 1 aromatic rings. The molecule has 0 fully saturated rings. The van der Waals surface area contributed by atoms with Gasteiger partial charge in [0.1, 0.15) is 5.56 Å². The summed E-state index contributed by atoms with van der Waals surface area (Å²) in [7, 11) is 0. The lowest BCUT2D eigenvalue weighted by Crippen LogP contribution is -2.36. The number of hydrogen-bond acceptors (Lipinski definition) is 3. The molecule has 0 unspecified atom stereocenters. The van der Waals surface area contributed by atoms with Gasteiger partial charge in [0.25, 0.3) is 5.56 Å². The van der Waals surface area contributed by atoms with Crippen LogP contribution in [0.3, 0.4) is 0 Å². The van der Waals surface area contributed by atoms with E-state index in [1.807, 2.05) is 25.8 Å². The monoisotopic (exact) mass is 240 g/mol. The molecule has 17 heavy (non-hydrogen) atoms. The first-order chi connectivity index (χ1) is 7.76. The summed E-state index contributed by atoms with van der Waals surface area (Å²) in [5, 5.41) is 8.80. The van der Waals surface area contributed by atoms with E-state index in [-0.39, 0.29) is 5.41 Å². The van der Waals surface area contributed by atoms with E-state index >= 15 is 0 Å². The minimum atomic E-state index is -1.34. The maximum absolute atomic E-state index is 11.5. The number of aromatic nitrogens is 2. The fourth-order valence-corrected chi connectivity index (χ4v) is 1.35. The number of nitrogens with one attached hydrogen (secondary N) is 1. The van der Waals surface area contributed by atoms with E-state index in [0.717, 1.165) is 12.6 Å². The molecule has 6 heteroatoms. The number of aromatic carboxylic acids is 1. The van der Waals surface area contributed by atoms with Gasteiger partial charge in [0, 0.05) is 12.7 Å². The van der Waals surface area contributed by atoms with Gasteiger partial charge in [-0.25, -0.2) is 9.59 Å². The van der Waals surface area contributed by atoms with E-state index in [0.29, 0.717) is 6.54 Å². The molecule has 0 amide bonds. The molecule has 0 saturated carbocycles. The Labute approximate surface area is 97.9 Å². The van der Waals surface area contributed by atoms with Gasteiger partial charge >= 0.3 is 11.7 Å². The Kier molecular flexibility index (Phi) is 3.55. The van der Waals surface area contributed by atoms with E-state index in [9.17, 15) is 14.4 Å². The van der Waals surface area contributed by atoms with Crippen molar-refractivity contribution in [1.82, 2.24) is 9.55 Å². The second kappa shape index (κ2) is 4.57. The van der Waals surface area contributed by atoms with Crippen LogP contribution in [0, 0.1) is 5.41 Å². The highest BCUT2D eigenvalue weighted by molar-refractivity contribution is 5.86. The molecule has 0 bridgehead atoms. The highest BCUT2D eigenvalue weighted by Crippen LogP contribution is 2.21. The Morgan fingerprint density at radius 1 is 1.47 bits per heavy atom. The van der Waals surface area contributed by atoms with Gasteiger partial charge in [-0.1, -0.05) is 20.8 Å². The van der Waals surface area contributed by atoms with E-state index in [1.165, 1.54) is 4.57 Å². The second-order valence-electron chi connectivity index (χ2n) is 4.75. The van der Waals surface area contributed by atoms with Gasteiger partial charge in [-0.3, -0.25) is 14.3 Å². The average molecular weight is 240 g/mol. The summed E-state index contributed by atoms with van der Waals surface area (Å²) < 4.78 is 1.23. The van der Waals surface area contributed by atoms with Gasteiger partial charge in [-0.15, -0.1) is 0 Å². The lowest BCUT2D eigenvalue weighted by molar-refractivity contribution is 0.0693. The Bertz CT molecular complexity index is 539. The summed E-state index contributed by atoms with van der Waals surface area (Å²) in [6.45, 7) is 6.27. The van der Waals surface area contributed by atoms with Crippen molar-refractivity contribution in [3.63, 3.8) is 0 Å². The molecule has 1 aromatic heterocycles. The van der Waals surface area contributed by atoms with E-state index in [2.05, 4.69) is 0 Å². The SMILES string of the molecule is CCC(C)(C)Cn1cc(C(=O)O)c(=O)[nH]c1=O. The summed E-state index contributed by atoms with van der Waals surface area (Å²) in [6, 6.07) is 0. The molecule has 1 rings (SSSR count). The van der Waals surface area contributed by atoms with Crippen LogP contribution in [0.15, 0.2) is 15.8 Å². The molecule has 2 N–H and O–H groups in total. The molecule has 0 spiro atoms. The first-order valence-corrected chi connectivity index (χ1v) is 5.34. The summed E-state index contributed by atoms with van der Waals surface area (Å²) in [4.78, 5) is 35.5. The third-order valence-corrected chi connectivity index (χ3v) is 2.80. The molecule has 0 radical (unpaired) electrons. The zero-order chi connectivity index (χ0) is 13.2. The van der Waals surface area contributed by atoms with E-state index in [1.54, 1.807) is 0 Å². The van der Waals surface area contributed by atoms with Crippen molar-refractivity contribution >= 4 is 5.97 Å². The smallest absolute Gasteiger partial charge is 0.342 e. The maximum atomic E-state index is 11.5. The van der Waals surface area contributed by atoms with Crippen molar-refractivity contribution in [2.24, 2.45) is 5.41 Å². The number of aromatic amines is 1. The predicted octanol–water partition coefficient (Wildman–Crippen LogP) is 0.671. The number of hydrogen-bond donors (Lipinski definition) is 2. The van der Waals surface area contributed by atoms with E-state index in [4.69, 9.17) is 5.11 Å². The molecular weight excluding hydrogens is 224 g/mol. The highest BCUT2D eigenvalue weighted by Gasteiger charge is 2.18. The van der Waals surface area contributed by atoms with Crippen LogP contribution in [-0.2, 0) is 6.54 Å². The van der Waals surface area contributed by atoms with Crippen LogP contribution in [0.25, 0.3) is 0 Å².